The van der Waals surface area contributed by atoms with E-state index in [4.69, 9.17) is 27.9 Å². The van der Waals surface area contributed by atoms with Gasteiger partial charge in [-0.15, -0.1) is 11.8 Å². The van der Waals surface area contributed by atoms with Gasteiger partial charge in [0.25, 0.3) is 0 Å². The zero-order valence-electron chi connectivity index (χ0n) is 11.4. The van der Waals surface area contributed by atoms with E-state index >= 15 is 0 Å². The van der Waals surface area contributed by atoms with Gasteiger partial charge in [-0.1, -0.05) is 35.3 Å². The number of nitrogens with zero attached hydrogens (tertiary/aromatic N) is 2. The number of benzene rings is 1. The van der Waals surface area contributed by atoms with Crippen molar-refractivity contribution in [2.75, 3.05) is 19.5 Å². The number of halogens is 2. The standard InChI is InChI=1S/C14H14Cl2N2O2S/c1-20-7-6-18-14(11(16)8-17-18)12(19)9-21-13-5-3-2-4-10(13)15/h2-5,8H,6-7,9H2,1H3. The lowest BCUT2D eigenvalue weighted by molar-refractivity contribution is 0.100. The lowest BCUT2D eigenvalue weighted by Crippen LogP contribution is -2.15. The molecule has 0 fully saturated rings. The molecule has 2 aromatic rings. The van der Waals surface area contributed by atoms with Crippen LogP contribution in [0.3, 0.4) is 0 Å². The summed E-state index contributed by atoms with van der Waals surface area (Å²) in [5.41, 5.74) is 0.410. The molecule has 0 saturated carbocycles. The van der Waals surface area contributed by atoms with E-state index in [2.05, 4.69) is 5.10 Å². The molecule has 1 heterocycles. The first kappa shape index (κ1) is 16.4. The van der Waals surface area contributed by atoms with Crippen molar-refractivity contribution in [3.8, 4) is 0 Å². The maximum absolute atomic E-state index is 12.3. The molecule has 112 valence electrons. The lowest BCUT2D eigenvalue weighted by Gasteiger charge is -2.07. The van der Waals surface area contributed by atoms with Gasteiger partial charge >= 0.3 is 0 Å². The Balaban J connectivity index is 2.07. The topological polar surface area (TPSA) is 44.1 Å². The van der Waals surface area contributed by atoms with Gasteiger partial charge in [-0.2, -0.15) is 5.10 Å². The summed E-state index contributed by atoms with van der Waals surface area (Å²) in [7, 11) is 1.60. The van der Waals surface area contributed by atoms with Crippen LogP contribution >= 0.6 is 35.0 Å². The van der Waals surface area contributed by atoms with Gasteiger partial charge in [0.05, 0.1) is 35.1 Å². The van der Waals surface area contributed by atoms with Crippen molar-refractivity contribution in [2.24, 2.45) is 0 Å². The third kappa shape index (κ3) is 4.23. The minimum atomic E-state index is -0.0847. The highest BCUT2D eigenvalue weighted by atomic mass is 35.5. The molecular formula is C14H14Cl2N2O2S. The molecule has 21 heavy (non-hydrogen) atoms. The highest BCUT2D eigenvalue weighted by Gasteiger charge is 2.18. The van der Waals surface area contributed by atoms with E-state index in [1.165, 1.54) is 18.0 Å². The average molecular weight is 345 g/mol. The van der Waals surface area contributed by atoms with Crippen LogP contribution in [0.5, 0.6) is 0 Å². The van der Waals surface area contributed by atoms with Crippen molar-refractivity contribution in [3.05, 3.63) is 46.2 Å². The molecule has 2 rings (SSSR count). The number of aromatic nitrogens is 2. The van der Waals surface area contributed by atoms with Crippen LogP contribution in [0.25, 0.3) is 0 Å². The summed E-state index contributed by atoms with van der Waals surface area (Å²) in [4.78, 5) is 13.2. The molecule has 0 bridgehead atoms. The van der Waals surface area contributed by atoms with Crippen LogP contribution in [0.1, 0.15) is 10.5 Å². The number of thioether (sulfide) groups is 1. The number of carbonyl (C=O) groups is 1. The molecule has 1 aromatic heterocycles. The second kappa shape index (κ2) is 7.84. The molecule has 4 nitrogen and oxygen atoms in total. The van der Waals surface area contributed by atoms with Gasteiger partial charge in [-0.3, -0.25) is 9.48 Å². The number of methoxy groups -OCH3 is 1. The molecule has 0 aliphatic carbocycles. The number of ether oxygens (including phenoxy) is 1. The van der Waals surface area contributed by atoms with Crippen LogP contribution in [0.15, 0.2) is 35.4 Å². The Morgan fingerprint density at radius 3 is 2.81 bits per heavy atom. The van der Waals surface area contributed by atoms with Crippen LogP contribution in [0.4, 0.5) is 0 Å². The summed E-state index contributed by atoms with van der Waals surface area (Å²) in [5, 5.41) is 5.09. The minimum Gasteiger partial charge on any atom is -0.383 e. The third-order valence-electron chi connectivity index (χ3n) is 2.76. The number of Topliss-reactive ketones (excluding diaryl/α,β-unsaturated/α-hetero) is 1. The molecule has 0 aliphatic rings. The number of carbonyl (C=O) groups excluding carboxylic acids is 1. The predicted molar refractivity (Wildman–Crippen MR) is 85.6 cm³/mol. The lowest BCUT2D eigenvalue weighted by atomic mass is 10.3. The van der Waals surface area contributed by atoms with Gasteiger partial charge in [0.1, 0.15) is 5.69 Å². The molecule has 0 radical (unpaired) electrons. The van der Waals surface area contributed by atoms with Gasteiger partial charge in [0.2, 0.25) is 0 Å². The molecule has 0 unspecified atom stereocenters. The molecule has 0 atom stereocenters. The van der Waals surface area contributed by atoms with Crippen molar-refractivity contribution in [1.29, 1.82) is 0 Å². The van der Waals surface area contributed by atoms with Crippen LogP contribution in [-0.4, -0.2) is 35.0 Å². The Morgan fingerprint density at radius 1 is 1.33 bits per heavy atom. The Morgan fingerprint density at radius 2 is 2.10 bits per heavy atom. The Bertz CT molecular complexity index is 631. The van der Waals surface area contributed by atoms with Gasteiger partial charge in [-0.25, -0.2) is 0 Å². The highest BCUT2D eigenvalue weighted by Crippen LogP contribution is 2.28. The smallest absolute Gasteiger partial charge is 0.192 e. The second-order valence-corrected chi connectivity index (χ2v) is 6.03. The fourth-order valence-corrected chi connectivity index (χ4v) is 3.11. The molecular weight excluding hydrogens is 331 g/mol. The van der Waals surface area contributed by atoms with Crippen LogP contribution in [-0.2, 0) is 11.3 Å². The number of hydrogen-bond acceptors (Lipinski definition) is 4. The summed E-state index contributed by atoms with van der Waals surface area (Å²) in [6.07, 6.45) is 1.48. The molecule has 0 aliphatic heterocycles. The number of rotatable bonds is 7. The largest absolute Gasteiger partial charge is 0.383 e. The Hall–Kier alpha value is -1.01. The first-order valence-electron chi connectivity index (χ1n) is 6.24. The highest BCUT2D eigenvalue weighted by molar-refractivity contribution is 8.00. The maximum atomic E-state index is 12.3. The second-order valence-electron chi connectivity index (χ2n) is 4.20. The van der Waals surface area contributed by atoms with E-state index in [0.717, 1.165) is 4.90 Å². The van der Waals surface area contributed by atoms with Gasteiger partial charge in [0.15, 0.2) is 5.78 Å². The van der Waals surface area contributed by atoms with Crippen LogP contribution < -0.4 is 0 Å². The van der Waals surface area contributed by atoms with E-state index in [1.54, 1.807) is 17.9 Å². The SMILES string of the molecule is COCCn1ncc(Cl)c1C(=O)CSc1ccccc1Cl. The third-order valence-corrected chi connectivity index (χ3v) is 4.55. The summed E-state index contributed by atoms with van der Waals surface area (Å²) in [6, 6.07) is 7.41. The van der Waals surface area contributed by atoms with Crippen molar-refractivity contribution in [2.45, 2.75) is 11.4 Å². The molecule has 7 heteroatoms. The maximum Gasteiger partial charge on any atom is 0.192 e. The average Bonchev–Trinajstić information content (AvgIpc) is 2.85. The van der Waals surface area contributed by atoms with Gasteiger partial charge in [0, 0.05) is 12.0 Å². The first-order valence-corrected chi connectivity index (χ1v) is 7.98. The zero-order valence-corrected chi connectivity index (χ0v) is 13.7. The van der Waals surface area contributed by atoms with Crippen molar-refractivity contribution in [3.63, 3.8) is 0 Å². The monoisotopic (exact) mass is 344 g/mol. The first-order chi connectivity index (χ1) is 10.1. The summed E-state index contributed by atoms with van der Waals surface area (Å²) in [6.45, 7) is 0.955. The van der Waals surface area contributed by atoms with E-state index < -0.39 is 0 Å². The molecule has 0 amide bonds. The fraction of sp³-hybridized carbons (Fsp3) is 0.286. The van der Waals surface area contributed by atoms with Crippen molar-refractivity contribution >= 4 is 40.7 Å². The summed E-state index contributed by atoms with van der Waals surface area (Å²) < 4.78 is 6.57. The summed E-state index contributed by atoms with van der Waals surface area (Å²) in [5.74, 6) is 0.167. The van der Waals surface area contributed by atoms with Gasteiger partial charge in [-0.05, 0) is 12.1 Å². The fourth-order valence-electron chi connectivity index (χ4n) is 1.76. The Labute approximate surface area is 137 Å². The normalized spacial score (nSPS) is 10.8. The molecule has 0 N–H and O–H groups in total. The molecule has 0 saturated heterocycles. The number of ketones is 1. The van der Waals surface area contributed by atoms with E-state index in [-0.39, 0.29) is 11.5 Å². The van der Waals surface area contributed by atoms with Gasteiger partial charge < -0.3 is 4.74 Å². The molecule has 1 aromatic carbocycles. The summed E-state index contributed by atoms with van der Waals surface area (Å²) >= 11 is 13.5. The Kier molecular flexibility index (Phi) is 6.11. The predicted octanol–water partition coefficient (Wildman–Crippen LogP) is 3.81. The van der Waals surface area contributed by atoms with E-state index in [9.17, 15) is 4.79 Å². The molecule has 0 spiro atoms. The zero-order chi connectivity index (χ0) is 15.2. The number of hydrogen-bond donors (Lipinski definition) is 0. The minimum absolute atomic E-state index is 0.0847. The van der Waals surface area contributed by atoms with Crippen LogP contribution in [0, 0.1) is 0 Å². The van der Waals surface area contributed by atoms with Crippen LogP contribution in [0.2, 0.25) is 10.0 Å². The van der Waals surface area contributed by atoms with E-state index in [1.807, 2.05) is 18.2 Å². The van der Waals surface area contributed by atoms with Crippen molar-refractivity contribution < 1.29 is 9.53 Å². The van der Waals surface area contributed by atoms with Crippen molar-refractivity contribution in [1.82, 2.24) is 9.78 Å². The quantitative estimate of drug-likeness (QED) is 0.565. The van der Waals surface area contributed by atoms with E-state index in [0.29, 0.717) is 28.9 Å².